The molecule has 1 aliphatic heterocycles. The SMILES string of the molecule is CC(C)NCCN(C)CCC(=O)N[C@H](Cc1ccc(F)cc1)C(=O)N1CCC(CN(C)C(C)(C)COC=O)(C2CCCCC2)CC1. The first kappa shape index (κ1) is 37.9. The molecule has 260 valence electrons. The molecule has 1 aliphatic carbocycles. The number of rotatable bonds is 18. The molecule has 2 aliphatic rings. The highest BCUT2D eigenvalue weighted by Gasteiger charge is 2.45. The number of ether oxygens (including phenoxy) is 1. The van der Waals surface area contributed by atoms with E-state index in [0.717, 1.165) is 38.0 Å². The molecule has 1 atom stereocenters. The Morgan fingerprint density at radius 2 is 1.74 bits per heavy atom. The van der Waals surface area contributed by atoms with Crippen LogP contribution in [0, 0.1) is 17.2 Å². The quantitative estimate of drug-likeness (QED) is 0.231. The number of amides is 2. The number of nitrogens with zero attached hydrogens (tertiary/aromatic N) is 3. The highest BCUT2D eigenvalue weighted by atomic mass is 19.1. The fraction of sp³-hybridized carbons (Fsp3) is 0.750. The number of likely N-dealkylation sites (tertiary alicyclic amines) is 1. The van der Waals surface area contributed by atoms with Gasteiger partial charge in [0.15, 0.2) is 0 Å². The Hall–Kier alpha value is -2.56. The lowest BCUT2D eigenvalue weighted by molar-refractivity contribution is -0.140. The summed E-state index contributed by atoms with van der Waals surface area (Å²) in [5.41, 5.74) is 0.570. The van der Waals surface area contributed by atoms with Crippen LogP contribution in [0.15, 0.2) is 24.3 Å². The number of benzene rings is 1. The van der Waals surface area contributed by atoms with Gasteiger partial charge in [-0.2, -0.15) is 0 Å². The molecule has 1 saturated carbocycles. The first-order valence-electron chi connectivity index (χ1n) is 17.4. The summed E-state index contributed by atoms with van der Waals surface area (Å²) in [6, 6.07) is 5.87. The molecule has 2 N–H and O–H groups in total. The van der Waals surface area contributed by atoms with Crippen molar-refractivity contribution in [1.82, 2.24) is 25.3 Å². The second-order valence-electron chi connectivity index (χ2n) is 14.7. The summed E-state index contributed by atoms with van der Waals surface area (Å²) >= 11 is 0. The van der Waals surface area contributed by atoms with E-state index < -0.39 is 6.04 Å². The summed E-state index contributed by atoms with van der Waals surface area (Å²) in [5, 5.41) is 6.44. The molecule has 1 aromatic carbocycles. The predicted molar refractivity (Wildman–Crippen MR) is 181 cm³/mol. The number of carbonyl (C=O) groups is 3. The van der Waals surface area contributed by atoms with Gasteiger partial charge in [-0.05, 0) is 82.7 Å². The Morgan fingerprint density at radius 1 is 1.09 bits per heavy atom. The highest BCUT2D eigenvalue weighted by Crippen LogP contribution is 2.47. The molecule has 0 unspecified atom stereocenters. The van der Waals surface area contributed by atoms with Crippen LogP contribution < -0.4 is 10.6 Å². The van der Waals surface area contributed by atoms with E-state index >= 15 is 0 Å². The second-order valence-corrected chi connectivity index (χ2v) is 14.7. The summed E-state index contributed by atoms with van der Waals surface area (Å²) in [7, 11) is 4.11. The number of carbonyl (C=O) groups excluding carboxylic acids is 3. The molecule has 2 amide bonds. The zero-order valence-corrected chi connectivity index (χ0v) is 29.3. The maximum absolute atomic E-state index is 14.1. The van der Waals surface area contributed by atoms with E-state index in [0.29, 0.717) is 57.5 Å². The van der Waals surface area contributed by atoms with Gasteiger partial charge >= 0.3 is 0 Å². The molecule has 1 aromatic rings. The molecule has 46 heavy (non-hydrogen) atoms. The largest absolute Gasteiger partial charge is 0.466 e. The topological polar surface area (TPSA) is 94.2 Å². The van der Waals surface area contributed by atoms with E-state index in [2.05, 4.69) is 55.2 Å². The maximum atomic E-state index is 14.1. The number of hydrogen-bond donors (Lipinski definition) is 2. The van der Waals surface area contributed by atoms with E-state index in [9.17, 15) is 18.8 Å². The lowest BCUT2D eigenvalue weighted by Crippen LogP contribution is -2.57. The van der Waals surface area contributed by atoms with Gasteiger partial charge in [0.1, 0.15) is 18.5 Å². The van der Waals surface area contributed by atoms with Crippen molar-refractivity contribution in [2.45, 2.75) is 103 Å². The summed E-state index contributed by atoms with van der Waals surface area (Å²) in [6.07, 6.45) is 8.58. The summed E-state index contributed by atoms with van der Waals surface area (Å²) < 4.78 is 18.8. The van der Waals surface area contributed by atoms with Crippen LogP contribution in [0.1, 0.15) is 84.6 Å². The van der Waals surface area contributed by atoms with E-state index in [1.165, 1.54) is 44.2 Å². The predicted octanol–water partition coefficient (Wildman–Crippen LogP) is 4.25. The van der Waals surface area contributed by atoms with Crippen molar-refractivity contribution >= 4 is 18.3 Å². The van der Waals surface area contributed by atoms with E-state index in [1.807, 2.05) is 11.9 Å². The summed E-state index contributed by atoms with van der Waals surface area (Å²) in [4.78, 5) is 44.5. The lowest BCUT2D eigenvalue weighted by atomic mass is 9.63. The van der Waals surface area contributed by atoms with Crippen molar-refractivity contribution in [3.05, 3.63) is 35.6 Å². The third-order valence-electron chi connectivity index (χ3n) is 10.4. The first-order chi connectivity index (χ1) is 21.8. The third kappa shape index (κ3) is 11.6. The molecule has 3 rings (SSSR count). The molecule has 2 fully saturated rings. The van der Waals surface area contributed by atoms with Crippen LogP contribution in [0.2, 0.25) is 0 Å². The third-order valence-corrected chi connectivity index (χ3v) is 10.4. The smallest absolute Gasteiger partial charge is 0.293 e. The minimum absolute atomic E-state index is 0.0646. The van der Waals surface area contributed by atoms with Crippen molar-refractivity contribution in [2.24, 2.45) is 11.3 Å². The Kier molecular flexibility index (Phi) is 14.9. The Bertz CT molecular complexity index is 1080. The second kappa shape index (κ2) is 18.1. The first-order valence-corrected chi connectivity index (χ1v) is 17.4. The summed E-state index contributed by atoms with van der Waals surface area (Å²) in [6.45, 7) is 13.7. The average molecular weight is 646 g/mol. The number of halogens is 1. The Morgan fingerprint density at radius 3 is 2.35 bits per heavy atom. The Labute approximate surface area is 277 Å². The van der Waals surface area contributed by atoms with Crippen LogP contribution in [0.4, 0.5) is 4.39 Å². The minimum Gasteiger partial charge on any atom is -0.466 e. The van der Waals surface area contributed by atoms with Gasteiger partial charge in [0.05, 0.1) is 0 Å². The minimum atomic E-state index is -0.713. The molecule has 0 radical (unpaired) electrons. The van der Waals surface area contributed by atoms with E-state index in [-0.39, 0.29) is 28.6 Å². The maximum Gasteiger partial charge on any atom is 0.293 e. The molecule has 1 saturated heterocycles. The fourth-order valence-corrected chi connectivity index (χ4v) is 7.11. The molecular weight excluding hydrogens is 585 g/mol. The van der Waals surface area contributed by atoms with Gasteiger partial charge in [-0.1, -0.05) is 45.2 Å². The van der Waals surface area contributed by atoms with Crippen LogP contribution >= 0.6 is 0 Å². The van der Waals surface area contributed by atoms with Crippen molar-refractivity contribution in [3.63, 3.8) is 0 Å². The van der Waals surface area contributed by atoms with Gasteiger partial charge in [0.2, 0.25) is 11.8 Å². The van der Waals surface area contributed by atoms with Crippen molar-refractivity contribution in [3.8, 4) is 0 Å². The molecular formula is C36H60FN5O4. The van der Waals surface area contributed by atoms with Crippen LogP contribution in [0.25, 0.3) is 0 Å². The highest BCUT2D eigenvalue weighted by molar-refractivity contribution is 5.88. The van der Waals surface area contributed by atoms with Gasteiger partial charge in [-0.25, -0.2) is 4.39 Å². The number of likely N-dealkylation sites (N-methyl/N-ethyl adjacent to an activating group) is 2. The Balaban J connectivity index is 1.70. The summed E-state index contributed by atoms with van der Waals surface area (Å²) in [5.74, 6) is 0.0364. The molecule has 10 heteroatoms. The van der Waals surface area contributed by atoms with Gasteiger partial charge in [0, 0.05) is 63.7 Å². The molecule has 9 nitrogen and oxygen atoms in total. The van der Waals surface area contributed by atoms with Gasteiger partial charge < -0.3 is 25.2 Å². The van der Waals surface area contributed by atoms with Crippen LogP contribution in [-0.2, 0) is 25.5 Å². The van der Waals surface area contributed by atoms with Crippen LogP contribution in [-0.4, -0.2) is 111 Å². The monoisotopic (exact) mass is 645 g/mol. The van der Waals surface area contributed by atoms with Crippen molar-refractivity contribution < 1.29 is 23.5 Å². The number of nitrogens with one attached hydrogen (secondary N) is 2. The standard InChI is InChI=1S/C36H60FN5O4/c1-28(2)38-19-23-40(5)20-16-33(44)39-32(24-29-12-14-31(37)15-13-29)34(45)42-21-17-36(18-22-42,30-10-8-7-9-11-30)25-41(6)35(3,4)26-46-27-43/h12-15,27-28,30,32,38H,7-11,16-26H2,1-6H3,(H,39,44)/t32-/m1/s1. The van der Waals surface area contributed by atoms with Crippen molar-refractivity contribution in [2.75, 3.05) is 60.0 Å². The zero-order valence-electron chi connectivity index (χ0n) is 29.3. The van der Waals surface area contributed by atoms with Crippen LogP contribution in [0.5, 0.6) is 0 Å². The average Bonchev–Trinajstić information content (AvgIpc) is 3.03. The molecule has 0 bridgehead atoms. The van der Waals surface area contributed by atoms with Gasteiger partial charge in [0.25, 0.3) is 6.47 Å². The normalized spacial score (nSPS) is 18.2. The van der Waals surface area contributed by atoms with Gasteiger partial charge in [-0.3, -0.25) is 19.3 Å². The molecule has 0 spiro atoms. The van der Waals surface area contributed by atoms with E-state index in [1.54, 1.807) is 12.1 Å². The van der Waals surface area contributed by atoms with Crippen molar-refractivity contribution in [1.29, 1.82) is 0 Å². The number of piperidine rings is 1. The fourth-order valence-electron chi connectivity index (χ4n) is 7.11. The molecule has 1 heterocycles. The van der Waals surface area contributed by atoms with E-state index in [4.69, 9.17) is 4.74 Å². The van der Waals surface area contributed by atoms with Crippen LogP contribution in [0.3, 0.4) is 0 Å². The zero-order chi connectivity index (χ0) is 33.7. The lowest BCUT2D eigenvalue weighted by Gasteiger charge is -2.52. The van der Waals surface area contributed by atoms with Gasteiger partial charge in [-0.15, -0.1) is 0 Å². The number of hydrogen-bond acceptors (Lipinski definition) is 7. The molecule has 0 aromatic heterocycles.